The van der Waals surface area contributed by atoms with Crippen LogP contribution in [0.2, 0.25) is 0 Å². The maximum Gasteiger partial charge on any atom is 0.337 e. The van der Waals surface area contributed by atoms with E-state index in [0.29, 0.717) is 11.5 Å². The summed E-state index contributed by atoms with van der Waals surface area (Å²) in [6.45, 7) is 12.9. The number of aliphatic hydroxyl groups is 1. The van der Waals surface area contributed by atoms with Gasteiger partial charge in [-0.15, -0.1) is 0 Å². The van der Waals surface area contributed by atoms with Gasteiger partial charge in [0.2, 0.25) is 0 Å². The number of aryl methyl sites for hydroxylation is 4. The van der Waals surface area contributed by atoms with Crippen molar-refractivity contribution in [1.29, 1.82) is 0 Å². The van der Waals surface area contributed by atoms with Gasteiger partial charge in [-0.3, -0.25) is 9.97 Å². The summed E-state index contributed by atoms with van der Waals surface area (Å²) in [5, 5.41) is 21.1. The minimum Gasteiger partial charge on any atom is -0.465 e. The highest BCUT2D eigenvalue weighted by atomic mass is 16.5. The Morgan fingerprint density at radius 2 is 1.43 bits per heavy atom. The predicted octanol–water partition coefficient (Wildman–Crippen LogP) is 10.5. The molecule has 12 heteroatoms. The Kier molecular flexibility index (Phi) is 10.3. The van der Waals surface area contributed by atoms with Crippen LogP contribution in [-0.4, -0.2) is 61.2 Å². The van der Waals surface area contributed by atoms with E-state index in [1.807, 2.05) is 72.1 Å². The van der Waals surface area contributed by atoms with Crippen molar-refractivity contribution in [3.8, 4) is 22.3 Å². The summed E-state index contributed by atoms with van der Waals surface area (Å²) in [5.74, 6) is 1.59. The predicted molar refractivity (Wildman–Crippen MR) is 235 cm³/mol. The van der Waals surface area contributed by atoms with E-state index in [9.17, 15) is 9.90 Å². The zero-order valence-electron chi connectivity index (χ0n) is 35.4. The van der Waals surface area contributed by atoms with Crippen LogP contribution in [-0.2, 0) is 15.1 Å². The SMILES string of the molecule is COC(=O)c1ccc2c(c1)[nH]c1cc(-c3c(C)noc3C)cnc12.Cc1noc(C)c1-c1cnc2c3ccc(C(C)(C)O)cc3n(C(c3ccccc3)C3CCOCC3)c2c1. The Morgan fingerprint density at radius 3 is 2.05 bits per heavy atom. The van der Waals surface area contributed by atoms with Gasteiger partial charge >= 0.3 is 5.97 Å². The first-order chi connectivity index (χ1) is 29.4. The summed E-state index contributed by atoms with van der Waals surface area (Å²) >= 11 is 0. The highest BCUT2D eigenvalue weighted by Crippen LogP contribution is 2.42. The number of fused-ring (bicyclic) bond motifs is 6. The quantitative estimate of drug-likeness (QED) is 0.149. The van der Waals surface area contributed by atoms with Crippen LogP contribution in [0.4, 0.5) is 0 Å². The lowest BCUT2D eigenvalue weighted by Crippen LogP contribution is -2.27. The standard InChI is InChI=1S/C31H33N3O3.C18H15N3O3/c1-19-28(20(2)37-33-19)23-16-27-29(32-18-23)25-11-10-24(31(3,4)35)17-26(25)34(27)30(21-8-6-5-7-9-21)22-12-14-36-15-13-22;1-9-16(10(2)24-21-9)12-7-15-17(19-8-12)13-5-4-11(18(22)23-3)6-14(13)20-15/h5-11,16-18,22,30,35H,12-15H2,1-4H3;4-8,20H,1-3H3. The molecule has 0 aliphatic carbocycles. The normalized spacial score (nSPS) is 14.2. The fraction of sp³-hybridized carbons (Fsp3) is 0.286. The van der Waals surface area contributed by atoms with E-state index in [0.717, 1.165) is 121 Å². The molecule has 0 spiro atoms. The van der Waals surface area contributed by atoms with Crippen LogP contribution in [0, 0.1) is 33.6 Å². The number of rotatable bonds is 7. The molecular formula is C49H48N6O6. The van der Waals surface area contributed by atoms with Crippen molar-refractivity contribution >= 4 is 49.8 Å². The van der Waals surface area contributed by atoms with Gasteiger partial charge in [-0.1, -0.05) is 52.8 Å². The van der Waals surface area contributed by atoms with Crippen LogP contribution >= 0.6 is 0 Å². The molecule has 1 aliphatic heterocycles. The lowest BCUT2D eigenvalue weighted by molar-refractivity contribution is 0.0552. The minimum absolute atomic E-state index is 0.101. The second kappa shape index (κ2) is 15.8. The molecule has 1 aliphatic rings. The molecule has 0 amide bonds. The summed E-state index contributed by atoms with van der Waals surface area (Å²) in [4.78, 5) is 24.6. The van der Waals surface area contributed by atoms with Gasteiger partial charge in [0.05, 0.1) is 63.3 Å². The summed E-state index contributed by atoms with van der Waals surface area (Å²) in [6.07, 6.45) is 5.72. The maximum atomic E-state index is 11.7. The van der Waals surface area contributed by atoms with E-state index in [2.05, 4.69) is 73.4 Å². The first-order valence-electron chi connectivity index (χ1n) is 20.6. The Labute approximate surface area is 352 Å². The summed E-state index contributed by atoms with van der Waals surface area (Å²) in [5.41, 5.74) is 13.0. The third-order valence-electron chi connectivity index (χ3n) is 12.0. The van der Waals surface area contributed by atoms with E-state index >= 15 is 0 Å². The largest absolute Gasteiger partial charge is 0.465 e. The third-order valence-corrected chi connectivity index (χ3v) is 12.0. The number of methoxy groups -OCH3 is 1. The van der Waals surface area contributed by atoms with Gasteiger partial charge in [-0.2, -0.15) is 0 Å². The lowest BCUT2D eigenvalue weighted by Gasteiger charge is -2.33. The average Bonchev–Trinajstić information content (AvgIpc) is 4.01. The van der Waals surface area contributed by atoms with Gasteiger partial charge < -0.3 is 33.2 Å². The molecule has 0 bridgehead atoms. The number of carbonyl (C=O) groups excluding carboxylic acids is 1. The van der Waals surface area contributed by atoms with Crippen molar-refractivity contribution in [2.24, 2.45) is 5.92 Å². The number of nitrogens with zero attached hydrogens (tertiary/aromatic N) is 5. The van der Waals surface area contributed by atoms with E-state index in [1.54, 1.807) is 12.1 Å². The van der Waals surface area contributed by atoms with Crippen LogP contribution in [0.25, 0.3) is 66.1 Å². The van der Waals surface area contributed by atoms with Crippen molar-refractivity contribution in [3.05, 3.63) is 131 Å². The van der Waals surface area contributed by atoms with Crippen LogP contribution in [0.1, 0.15) is 77.1 Å². The molecule has 10 rings (SSSR count). The number of carbonyl (C=O) groups is 1. The number of aromatic nitrogens is 6. The summed E-state index contributed by atoms with van der Waals surface area (Å²) in [6, 6.07) is 26.8. The molecule has 12 nitrogen and oxygen atoms in total. The number of hydrogen-bond donors (Lipinski definition) is 2. The van der Waals surface area contributed by atoms with Crippen molar-refractivity contribution in [2.75, 3.05) is 20.3 Å². The van der Waals surface area contributed by atoms with Crippen LogP contribution < -0.4 is 0 Å². The summed E-state index contributed by atoms with van der Waals surface area (Å²) in [7, 11) is 1.37. The molecule has 6 aromatic heterocycles. The van der Waals surface area contributed by atoms with E-state index in [-0.39, 0.29) is 12.0 Å². The average molecular weight is 817 g/mol. The third kappa shape index (κ3) is 7.25. The molecule has 1 atom stereocenters. The van der Waals surface area contributed by atoms with Crippen molar-refractivity contribution in [2.45, 2.75) is 66.0 Å². The Bertz CT molecular complexity index is 3030. The zero-order chi connectivity index (χ0) is 42.6. The number of H-pyrrole nitrogens is 1. The zero-order valence-corrected chi connectivity index (χ0v) is 35.4. The highest BCUT2D eigenvalue weighted by Gasteiger charge is 2.31. The first kappa shape index (κ1) is 39.8. The van der Waals surface area contributed by atoms with Crippen LogP contribution in [0.3, 0.4) is 0 Å². The van der Waals surface area contributed by atoms with E-state index < -0.39 is 5.60 Å². The molecule has 1 fully saturated rings. The van der Waals surface area contributed by atoms with Crippen molar-refractivity contribution < 1.29 is 28.4 Å². The number of benzene rings is 3. The molecule has 2 N–H and O–H groups in total. The van der Waals surface area contributed by atoms with Gasteiger partial charge in [-0.05, 0) is 108 Å². The Hall–Kier alpha value is -6.63. The number of aromatic amines is 1. The second-order valence-corrected chi connectivity index (χ2v) is 16.5. The Balaban J connectivity index is 0.000000171. The molecule has 1 unspecified atom stereocenters. The van der Waals surface area contributed by atoms with Crippen LogP contribution in [0.5, 0.6) is 0 Å². The summed E-state index contributed by atoms with van der Waals surface area (Å²) < 4.78 is 23.7. The van der Waals surface area contributed by atoms with Gasteiger partial charge in [0, 0.05) is 64.2 Å². The second-order valence-electron chi connectivity index (χ2n) is 16.5. The van der Waals surface area contributed by atoms with Crippen molar-refractivity contribution in [1.82, 2.24) is 29.8 Å². The van der Waals surface area contributed by atoms with E-state index in [1.165, 1.54) is 12.7 Å². The molecule has 0 saturated carbocycles. The number of esters is 1. The Morgan fingerprint density at radius 1 is 0.787 bits per heavy atom. The molecule has 7 heterocycles. The maximum absolute atomic E-state index is 11.7. The fourth-order valence-electron chi connectivity index (χ4n) is 8.98. The molecule has 0 radical (unpaired) electrons. The topological polar surface area (TPSA) is 154 Å². The highest BCUT2D eigenvalue weighted by molar-refractivity contribution is 6.08. The van der Waals surface area contributed by atoms with Gasteiger partial charge in [0.15, 0.2) is 0 Å². The molecule has 310 valence electrons. The monoisotopic (exact) mass is 816 g/mol. The first-order valence-corrected chi connectivity index (χ1v) is 20.6. The fourth-order valence-corrected chi connectivity index (χ4v) is 8.98. The number of pyridine rings is 2. The van der Waals surface area contributed by atoms with Gasteiger partial charge in [0.25, 0.3) is 0 Å². The number of nitrogens with one attached hydrogen (secondary N) is 1. The molecule has 9 aromatic rings. The molecule has 1 saturated heterocycles. The minimum atomic E-state index is -0.953. The van der Waals surface area contributed by atoms with Crippen molar-refractivity contribution in [3.63, 3.8) is 0 Å². The van der Waals surface area contributed by atoms with E-state index in [4.69, 9.17) is 23.5 Å². The lowest BCUT2D eigenvalue weighted by atomic mass is 9.86. The number of ether oxygens (including phenoxy) is 2. The molecular weight excluding hydrogens is 769 g/mol. The number of hydrogen-bond acceptors (Lipinski definition) is 10. The van der Waals surface area contributed by atoms with Gasteiger partial charge in [-0.25, -0.2) is 4.79 Å². The van der Waals surface area contributed by atoms with Gasteiger partial charge in [0.1, 0.15) is 11.5 Å². The molecule has 3 aromatic carbocycles. The van der Waals surface area contributed by atoms with Crippen LogP contribution in [0.15, 0.2) is 100 Å². The smallest absolute Gasteiger partial charge is 0.337 e. The molecule has 61 heavy (non-hydrogen) atoms.